The maximum atomic E-state index is 11.8. The van der Waals surface area contributed by atoms with E-state index in [9.17, 15) is 9.90 Å². The average molecular weight is 325 g/mol. The second-order valence-electron chi connectivity index (χ2n) is 6.50. The number of hydrogen-bond donors (Lipinski definition) is 1. The van der Waals surface area contributed by atoms with E-state index < -0.39 is 17.4 Å². The molecule has 0 aliphatic carbocycles. The summed E-state index contributed by atoms with van der Waals surface area (Å²) in [5, 5.41) is 10.6. The van der Waals surface area contributed by atoms with Crippen molar-refractivity contribution in [3.63, 3.8) is 0 Å². The Morgan fingerprint density at radius 3 is 2.87 bits per heavy atom. The van der Waals surface area contributed by atoms with Crippen LogP contribution in [0.1, 0.15) is 41.0 Å². The number of ether oxygens (including phenoxy) is 3. The summed E-state index contributed by atoms with van der Waals surface area (Å²) < 4.78 is 21.7. The van der Waals surface area contributed by atoms with E-state index in [2.05, 4.69) is 0 Å². The van der Waals surface area contributed by atoms with E-state index in [1.807, 2.05) is 13.8 Å². The van der Waals surface area contributed by atoms with E-state index in [4.69, 9.17) is 18.6 Å². The summed E-state index contributed by atoms with van der Waals surface area (Å²) in [6, 6.07) is 0. The first-order valence-electron chi connectivity index (χ1n) is 7.79. The van der Waals surface area contributed by atoms with E-state index in [0.717, 1.165) is 0 Å². The van der Waals surface area contributed by atoms with Crippen LogP contribution in [0.3, 0.4) is 0 Å². The Kier molecular flexibility index (Phi) is 5.08. The lowest BCUT2D eigenvalue weighted by atomic mass is 9.97. The van der Waals surface area contributed by atoms with Crippen molar-refractivity contribution in [2.75, 3.05) is 13.2 Å². The minimum atomic E-state index is -1.15. The van der Waals surface area contributed by atoms with Gasteiger partial charge in [-0.3, -0.25) is 0 Å². The third-order valence-corrected chi connectivity index (χ3v) is 3.59. The van der Waals surface area contributed by atoms with Gasteiger partial charge in [0.2, 0.25) is 0 Å². The van der Waals surface area contributed by atoms with Crippen molar-refractivity contribution < 1.29 is 28.5 Å². The largest absolute Gasteiger partial charge is 0.462 e. The molecule has 2 rings (SSSR count). The number of hydrogen-bond acceptors (Lipinski definition) is 5. The smallest absolute Gasteiger partial charge is 0.353 e. The number of aliphatic hydroxyl groups is 1. The highest BCUT2D eigenvalue weighted by molar-refractivity contribution is 6.17. The molecule has 2 aliphatic rings. The molecule has 0 spiro atoms. The summed E-state index contributed by atoms with van der Waals surface area (Å²) >= 11 is 0. The molecule has 0 amide bonds. The predicted octanol–water partition coefficient (Wildman–Crippen LogP) is 1.79. The molecule has 6 heteroatoms. The van der Waals surface area contributed by atoms with Crippen LogP contribution in [-0.4, -0.2) is 47.6 Å². The lowest BCUT2D eigenvalue weighted by molar-refractivity contribution is -0.387. The van der Waals surface area contributed by atoms with Crippen LogP contribution in [0.5, 0.6) is 0 Å². The highest BCUT2D eigenvalue weighted by Gasteiger charge is 2.38. The summed E-state index contributed by atoms with van der Waals surface area (Å²) in [6.45, 7) is 9.52. The molecular weight excluding hydrogens is 300 g/mol. The Hall–Kier alpha value is -1.50. The first-order valence-corrected chi connectivity index (χ1v) is 7.79. The number of carbonyl (C=O) groups is 1. The maximum Gasteiger partial charge on any atom is 0.353 e. The van der Waals surface area contributed by atoms with Gasteiger partial charge in [-0.25, -0.2) is 9.22 Å². The topological polar surface area (TPSA) is 76.3 Å². The van der Waals surface area contributed by atoms with Crippen molar-refractivity contribution in [1.29, 1.82) is 0 Å². The molecule has 0 aromatic heterocycles. The highest BCUT2D eigenvalue weighted by atomic mass is 16.7. The molecule has 1 saturated heterocycles. The van der Waals surface area contributed by atoms with Gasteiger partial charge in [-0.15, -0.1) is 0 Å². The molecule has 23 heavy (non-hydrogen) atoms. The van der Waals surface area contributed by atoms with Gasteiger partial charge < -0.3 is 19.3 Å². The summed E-state index contributed by atoms with van der Waals surface area (Å²) in [5.74, 6) is -0.165. The Labute approximate surface area is 136 Å². The molecule has 128 valence electrons. The molecule has 2 atom stereocenters. The van der Waals surface area contributed by atoms with Gasteiger partial charge in [-0.05, 0) is 27.7 Å². The standard InChI is InChI=1S/C17H25O6/c1-6-20-15(18)14-7-12(22-11(14)2)8-17(5,19)9-13-10-21-16(3,4)23-13/h7-8,13,19H,6,9-10H2,1-5H3/q+1/t13-,17-/m0/s1. The van der Waals surface area contributed by atoms with E-state index in [1.54, 1.807) is 32.9 Å². The molecular formula is C17H25O6+. The second kappa shape index (κ2) is 6.55. The van der Waals surface area contributed by atoms with E-state index >= 15 is 0 Å². The number of allylic oxidation sites excluding steroid dienone is 1. The fourth-order valence-corrected chi connectivity index (χ4v) is 2.68. The van der Waals surface area contributed by atoms with Gasteiger partial charge in [0.25, 0.3) is 0 Å². The normalized spacial score (nSPS) is 27.6. The molecule has 1 fully saturated rings. The summed E-state index contributed by atoms with van der Waals surface area (Å²) in [6.07, 6.45) is 3.33. The fraction of sp³-hybridized carbons (Fsp3) is 0.647. The summed E-state index contributed by atoms with van der Waals surface area (Å²) in [7, 11) is 0. The van der Waals surface area contributed by atoms with E-state index in [1.165, 1.54) is 0 Å². The number of carbonyl (C=O) groups excluding carboxylic acids is 2. The molecule has 2 aliphatic heterocycles. The number of esters is 1. The third-order valence-electron chi connectivity index (χ3n) is 3.59. The Morgan fingerprint density at radius 1 is 1.61 bits per heavy atom. The minimum Gasteiger partial charge on any atom is -0.462 e. The minimum absolute atomic E-state index is 0.197. The van der Waals surface area contributed by atoms with Crippen LogP contribution in [-0.2, 0) is 23.4 Å². The highest BCUT2D eigenvalue weighted by Crippen LogP contribution is 2.29. The molecule has 0 aromatic carbocycles. The van der Waals surface area contributed by atoms with E-state index in [-0.39, 0.29) is 6.10 Å². The molecule has 0 saturated carbocycles. The Balaban J connectivity index is 2.07. The lowest BCUT2D eigenvalue weighted by Gasteiger charge is -2.22. The zero-order valence-corrected chi connectivity index (χ0v) is 14.3. The van der Waals surface area contributed by atoms with Gasteiger partial charge in [0.05, 0.1) is 44.0 Å². The van der Waals surface area contributed by atoms with Crippen molar-refractivity contribution in [1.82, 2.24) is 0 Å². The Bertz CT molecular complexity index is 568. The van der Waals surface area contributed by atoms with Gasteiger partial charge in [0.1, 0.15) is 0 Å². The molecule has 0 radical (unpaired) electrons. The van der Waals surface area contributed by atoms with Crippen molar-refractivity contribution in [3.05, 3.63) is 23.5 Å². The fourth-order valence-electron chi connectivity index (χ4n) is 2.68. The molecule has 6 nitrogen and oxygen atoms in total. The zero-order chi connectivity index (χ0) is 17.3. The van der Waals surface area contributed by atoms with Crippen LogP contribution in [0.4, 0.5) is 0 Å². The molecule has 0 unspecified atom stereocenters. The molecule has 1 N–H and O–H groups in total. The first-order chi connectivity index (χ1) is 10.6. The number of ketones is 1. The second-order valence-corrected chi connectivity index (χ2v) is 6.50. The summed E-state index contributed by atoms with van der Waals surface area (Å²) in [5.41, 5.74) is -0.777. The molecule has 2 heterocycles. The van der Waals surface area contributed by atoms with E-state index in [0.29, 0.717) is 36.8 Å². The zero-order valence-electron chi connectivity index (χ0n) is 14.3. The van der Waals surface area contributed by atoms with Gasteiger partial charge in [0.15, 0.2) is 11.4 Å². The van der Waals surface area contributed by atoms with Crippen LogP contribution < -0.4 is 0 Å². The van der Waals surface area contributed by atoms with Crippen LogP contribution in [0.2, 0.25) is 0 Å². The quantitative estimate of drug-likeness (QED) is 0.474. The van der Waals surface area contributed by atoms with Crippen LogP contribution in [0.25, 0.3) is 0 Å². The van der Waals surface area contributed by atoms with Gasteiger partial charge in [0, 0.05) is 6.42 Å². The van der Waals surface area contributed by atoms with Crippen LogP contribution in [0, 0.1) is 0 Å². The van der Waals surface area contributed by atoms with Crippen molar-refractivity contribution in [2.45, 2.75) is 58.5 Å². The Morgan fingerprint density at radius 2 is 2.30 bits per heavy atom. The lowest BCUT2D eigenvalue weighted by Crippen LogP contribution is -2.30. The van der Waals surface area contributed by atoms with Crippen LogP contribution in [0.15, 0.2) is 23.5 Å². The van der Waals surface area contributed by atoms with Gasteiger partial charge in [-0.2, -0.15) is 0 Å². The van der Waals surface area contributed by atoms with Gasteiger partial charge in [-0.1, -0.05) is 0 Å². The predicted molar refractivity (Wildman–Crippen MR) is 83.6 cm³/mol. The number of rotatable bonds is 5. The summed E-state index contributed by atoms with van der Waals surface area (Å²) in [4.78, 5) is 11.8. The van der Waals surface area contributed by atoms with Crippen molar-refractivity contribution in [2.24, 2.45) is 0 Å². The molecule has 0 aromatic rings. The van der Waals surface area contributed by atoms with Crippen LogP contribution >= 0.6 is 0 Å². The SMILES string of the molecule is CCOC(=O)C1=CC(=C[C@](C)(O)C[C@H]2COC(C)(C)O2)[O+]=C1C. The van der Waals surface area contributed by atoms with Gasteiger partial charge >= 0.3 is 17.5 Å². The maximum absolute atomic E-state index is 11.8. The van der Waals surface area contributed by atoms with Crippen molar-refractivity contribution in [3.8, 4) is 0 Å². The average Bonchev–Trinajstić information content (AvgIpc) is 2.91. The molecule has 0 bridgehead atoms. The third kappa shape index (κ3) is 4.73. The first kappa shape index (κ1) is 17.8. The monoisotopic (exact) mass is 325 g/mol. The van der Waals surface area contributed by atoms with Crippen molar-refractivity contribution >= 4 is 11.8 Å².